The summed E-state index contributed by atoms with van der Waals surface area (Å²) in [4.78, 5) is 8.74. The summed E-state index contributed by atoms with van der Waals surface area (Å²) in [6, 6.07) is 10.6. The van der Waals surface area contributed by atoms with Gasteiger partial charge >= 0.3 is 0 Å². The predicted octanol–water partition coefficient (Wildman–Crippen LogP) is 2.32. The van der Waals surface area contributed by atoms with E-state index in [-0.39, 0.29) is 6.61 Å². The van der Waals surface area contributed by atoms with Crippen molar-refractivity contribution in [2.75, 3.05) is 6.54 Å². The van der Waals surface area contributed by atoms with Crippen LogP contribution in [0.5, 0.6) is 0 Å². The molecule has 0 radical (unpaired) electrons. The molecule has 0 bridgehead atoms. The highest BCUT2D eigenvalue weighted by Gasteiger charge is 2.14. The summed E-state index contributed by atoms with van der Waals surface area (Å²) >= 11 is 0. The molecule has 1 saturated heterocycles. The number of nitrogens with one attached hydrogen (secondary N) is 1. The van der Waals surface area contributed by atoms with E-state index in [2.05, 4.69) is 21.4 Å². The molecule has 110 valence electrons. The standard InChI is InChI=1S/C17H21N3O/c21-11-13-3-5-14(6-4-13)17-10-16(19-12-20-17)8-7-15-2-1-9-18-15/h3-6,10,12,15,18,21H,1-2,7-9,11H2/t15-/m0/s1. The van der Waals surface area contributed by atoms with E-state index >= 15 is 0 Å². The van der Waals surface area contributed by atoms with Gasteiger partial charge in [0, 0.05) is 17.3 Å². The molecule has 1 aliphatic heterocycles. The quantitative estimate of drug-likeness (QED) is 0.884. The highest BCUT2D eigenvalue weighted by molar-refractivity contribution is 5.59. The minimum atomic E-state index is 0.0731. The van der Waals surface area contributed by atoms with E-state index in [1.807, 2.05) is 24.3 Å². The number of aliphatic hydroxyl groups excluding tert-OH is 1. The van der Waals surface area contributed by atoms with Crippen LogP contribution in [0.1, 0.15) is 30.5 Å². The van der Waals surface area contributed by atoms with E-state index in [1.54, 1.807) is 6.33 Å². The first-order valence-electron chi connectivity index (χ1n) is 7.59. The summed E-state index contributed by atoms with van der Waals surface area (Å²) in [6.45, 7) is 1.22. The van der Waals surface area contributed by atoms with Gasteiger partial charge in [-0.15, -0.1) is 0 Å². The lowest BCUT2D eigenvalue weighted by molar-refractivity contribution is 0.282. The fraction of sp³-hybridized carbons (Fsp3) is 0.412. The van der Waals surface area contributed by atoms with Crippen LogP contribution in [-0.4, -0.2) is 27.7 Å². The summed E-state index contributed by atoms with van der Waals surface area (Å²) in [5.74, 6) is 0. The summed E-state index contributed by atoms with van der Waals surface area (Å²) in [7, 11) is 0. The van der Waals surface area contributed by atoms with Crippen molar-refractivity contribution < 1.29 is 5.11 Å². The second-order valence-electron chi connectivity index (χ2n) is 5.58. The Morgan fingerprint density at radius 3 is 2.76 bits per heavy atom. The Bertz CT molecular complexity index is 577. The lowest BCUT2D eigenvalue weighted by atomic mass is 10.1. The van der Waals surface area contributed by atoms with Crippen LogP contribution >= 0.6 is 0 Å². The Kier molecular flexibility index (Phi) is 4.58. The number of aryl methyl sites for hydroxylation is 1. The average molecular weight is 283 g/mol. The number of hydrogen-bond donors (Lipinski definition) is 2. The maximum Gasteiger partial charge on any atom is 0.116 e. The maximum atomic E-state index is 9.09. The average Bonchev–Trinajstić information content (AvgIpc) is 3.07. The molecule has 1 aromatic heterocycles. The van der Waals surface area contributed by atoms with E-state index in [1.165, 1.54) is 12.8 Å². The zero-order chi connectivity index (χ0) is 14.5. The first-order chi connectivity index (χ1) is 10.3. The molecule has 1 fully saturated rings. The van der Waals surface area contributed by atoms with Gasteiger partial charge in [-0.1, -0.05) is 24.3 Å². The third kappa shape index (κ3) is 3.65. The van der Waals surface area contributed by atoms with Crippen LogP contribution < -0.4 is 5.32 Å². The topological polar surface area (TPSA) is 58.0 Å². The summed E-state index contributed by atoms with van der Waals surface area (Å²) in [5.41, 5.74) is 4.03. The lowest BCUT2D eigenvalue weighted by Gasteiger charge is -2.09. The van der Waals surface area contributed by atoms with Gasteiger partial charge in [0.05, 0.1) is 12.3 Å². The van der Waals surface area contributed by atoms with Crippen molar-refractivity contribution in [3.63, 3.8) is 0 Å². The van der Waals surface area contributed by atoms with Gasteiger partial charge in [-0.05, 0) is 43.9 Å². The number of benzene rings is 1. The fourth-order valence-electron chi connectivity index (χ4n) is 2.80. The van der Waals surface area contributed by atoms with Gasteiger partial charge < -0.3 is 10.4 Å². The van der Waals surface area contributed by atoms with Gasteiger partial charge in [0.1, 0.15) is 6.33 Å². The largest absolute Gasteiger partial charge is 0.392 e. The smallest absolute Gasteiger partial charge is 0.116 e. The van der Waals surface area contributed by atoms with Crippen LogP contribution in [0, 0.1) is 0 Å². The minimum absolute atomic E-state index is 0.0731. The zero-order valence-corrected chi connectivity index (χ0v) is 12.1. The van der Waals surface area contributed by atoms with Gasteiger partial charge in [-0.3, -0.25) is 0 Å². The van der Waals surface area contributed by atoms with Crippen LogP contribution in [0.2, 0.25) is 0 Å². The zero-order valence-electron chi connectivity index (χ0n) is 12.1. The number of nitrogens with zero attached hydrogens (tertiary/aromatic N) is 2. The Morgan fingerprint density at radius 1 is 1.19 bits per heavy atom. The number of rotatable bonds is 5. The monoisotopic (exact) mass is 283 g/mol. The van der Waals surface area contributed by atoms with E-state index < -0.39 is 0 Å². The van der Waals surface area contributed by atoms with Gasteiger partial charge in [-0.25, -0.2) is 9.97 Å². The maximum absolute atomic E-state index is 9.09. The van der Waals surface area contributed by atoms with Crippen molar-refractivity contribution in [2.45, 2.75) is 38.3 Å². The van der Waals surface area contributed by atoms with Crippen molar-refractivity contribution in [1.29, 1.82) is 0 Å². The molecule has 1 atom stereocenters. The second-order valence-corrected chi connectivity index (χ2v) is 5.58. The number of aromatic nitrogens is 2. The molecule has 0 spiro atoms. The first-order valence-corrected chi connectivity index (χ1v) is 7.59. The molecule has 1 aliphatic rings. The van der Waals surface area contributed by atoms with Crippen LogP contribution in [0.25, 0.3) is 11.3 Å². The molecule has 2 heterocycles. The molecule has 0 amide bonds. The molecular weight excluding hydrogens is 262 g/mol. The third-order valence-corrected chi connectivity index (χ3v) is 4.07. The van der Waals surface area contributed by atoms with Gasteiger partial charge in [0.2, 0.25) is 0 Å². The van der Waals surface area contributed by atoms with E-state index in [0.717, 1.165) is 41.9 Å². The van der Waals surface area contributed by atoms with E-state index in [0.29, 0.717) is 6.04 Å². The van der Waals surface area contributed by atoms with Crippen LogP contribution in [0.4, 0.5) is 0 Å². The molecule has 0 aliphatic carbocycles. The minimum Gasteiger partial charge on any atom is -0.392 e. The molecule has 0 saturated carbocycles. The third-order valence-electron chi connectivity index (χ3n) is 4.07. The Labute approximate surface area is 125 Å². The van der Waals surface area contributed by atoms with Crippen molar-refractivity contribution in [3.8, 4) is 11.3 Å². The van der Waals surface area contributed by atoms with Crippen molar-refractivity contribution >= 4 is 0 Å². The van der Waals surface area contributed by atoms with Gasteiger partial charge in [-0.2, -0.15) is 0 Å². The van der Waals surface area contributed by atoms with Gasteiger partial charge in [0.25, 0.3) is 0 Å². The Hall–Kier alpha value is -1.78. The SMILES string of the molecule is OCc1ccc(-c2cc(CC[C@@H]3CCCN3)ncn2)cc1. The summed E-state index contributed by atoms with van der Waals surface area (Å²) < 4.78 is 0. The molecule has 4 nitrogen and oxygen atoms in total. The first kappa shape index (κ1) is 14.2. The van der Waals surface area contributed by atoms with E-state index in [9.17, 15) is 0 Å². The number of hydrogen-bond acceptors (Lipinski definition) is 4. The highest BCUT2D eigenvalue weighted by atomic mass is 16.3. The fourth-order valence-corrected chi connectivity index (χ4v) is 2.80. The molecule has 3 rings (SSSR count). The highest BCUT2D eigenvalue weighted by Crippen LogP contribution is 2.19. The normalized spacial score (nSPS) is 18.0. The second kappa shape index (κ2) is 6.78. The molecule has 2 aromatic rings. The molecule has 1 aromatic carbocycles. The molecule has 4 heteroatoms. The van der Waals surface area contributed by atoms with Crippen LogP contribution in [0.3, 0.4) is 0 Å². The Morgan fingerprint density at radius 2 is 2.05 bits per heavy atom. The summed E-state index contributed by atoms with van der Waals surface area (Å²) in [6.07, 6.45) is 6.34. The van der Waals surface area contributed by atoms with Crippen molar-refractivity contribution in [1.82, 2.24) is 15.3 Å². The molecule has 0 unspecified atom stereocenters. The molecule has 2 N–H and O–H groups in total. The van der Waals surface area contributed by atoms with Gasteiger partial charge in [0.15, 0.2) is 0 Å². The van der Waals surface area contributed by atoms with Crippen LogP contribution in [0.15, 0.2) is 36.7 Å². The molecular formula is C17H21N3O. The van der Waals surface area contributed by atoms with Crippen molar-refractivity contribution in [3.05, 3.63) is 47.9 Å². The molecule has 21 heavy (non-hydrogen) atoms. The lowest BCUT2D eigenvalue weighted by Crippen LogP contribution is -2.21. The van der Waals surface area contributed by atoms with Crippen LogP contribution in [-0.2, 0) is 13.0 Å². The number of aliphatic hydroxyl groups is 1. The van der Waals surface area contributed by atoms with E-state index in [4.69, 9.17) is 5.11 Å². The summed E-state index contributed by atoms with van der Waals surface area (Å²) in [5, 5.41) is 12.6. The van der Waals surface area contributed by atoms with Crippen molar-refractivity contribution in [2.24, 2.45) is 0 Å². The predicted molar refractivity (Wildman–Crippen MR) is 82.7 cm³/mol. The Balaban J connectivity index is 1.69.